The van der Waals surface area contributed by atoms with Crippen molar-refractivity contribution < 1.29 is 28.7 Å². The number of aromatic nitrogens is 1. The maximum absolute atomic E-state index is 13.3. The minimum Gasteiger partial charge on any atom is -0.496 e. The van der Waals surface area contributed by atoms with Gasteiger partial charge in [-0.3, -0.25) is 14.4 Å². The van der Waals surface area contributed by atoms with Gasteiger partial charge in [0.1, 0.15) is 23.5 Å². The second kappa shape index (κ2) is 10.6. The van der Waals surface area contributed by atoms with Crippen molar-refractivity contribution in [3.05, 3.63) is 28.9 Å². The van der Waals surface area contributed by atoms with E-state index >= 15 is 0 Å². The Morgan fingerprint density at radius 3 is 2.46 bits per heavy atom. The number of fused-ring (bicyclic) bond motifs is 1. The summed E-state index contributed by atoms with van der Waals surface area (Å²) in [5.41, 5.74) is 0.391. The van der Waals surface area contributed by atoms with Crippen molar-refractivity contribution in [1.29, 1.82) is 0 Å². The van der Waals surface area contributed by atoms with Crippen LogP contribution in [0.2, 0.25) is 5.02 Å². The van der Waals surface area contributed by atoms with Crippen LogP contribution in [0.25, 0.3) is 10.9 Å². The first kappa shape index (κ1) is 26.8. The summed E-state index contributed by atoms with van der Waals surface area (Å²) in [6, 6.07) is 3.12. The summed E-state index contributed by atoms with van der Waals surface area (Å²) >= 11 is 6.28. The van der Waals surface area contributed by atoms with Gasteiger partial charge in [-0.05, 0) is 57.2 Å². The molecule has 2 aromatic rings. The number of ether oxygens (including phenoxy) is 2. The number of aromatic amines is 1. The molecule has 200 valence electrons. The van der Waals surface area contributed by atoms with Crippen molar-refractivity contribution in [3.8, 4) is 5.75 Å². The maximum atomic E-state index is 13.3. The molecule has 1 saturated carbocycles. The summed E-state index contributed by atoms with van der Waals surface area (Å²) in [7, 11) is 2.76. The van der Waals surface area contributed by atoms with Gasteiger partial charge in [-0.25, -0.2) is 4.79 Å². The molecule has 1 aromatic heterocycles. The Morgan fingerprint density at radius 1 is 1.14 bits per heavy atom. The van der Waals surface area contributed by atoms with Crippen molar-refractivity contribution in [2.75, 3.05) is 14.2 Å². The predicted octanol–water partition coefficient (Wildman–Crippen LogP) is 2.69. The van der Waals surface area contributed by atoms with Crippen molar-refractivity contribution in [3.63, 3.8) is 0 Å². The third-order valence-electron chi connectivity index (χ3n) is 6.97. The summed E-state index contributed by atoms with van der Waals surface area (Å²) in [4.78, 5) is 54.4. The fourth-order valence-corrected chi connectivity index (χ4v) is 5.12. The summed E-state index contributed by atoms with van der Waals surface area (Å²) in [6.45, 7) is 3.81. The number of carbonyl (C=O) groups excluding carboxylic acids is 4. The first-order valence-corrected chi connectivity index (χ1v) is 12.8. The van der Waals surface area contributed by atoms with Crippen LogP contribution in [0.4, 0.5) is 0 Å². The second-order valence-corrected chi connectivity index (χ2v) is 10.9. The standard InChI is InChI=1S/C26H33ClN4O6/c1-26(2)12-14(22(32)31-26)10-19(25(35)37-4)30-23(33)17(9-13-5-6-13)29-24(34)18-11-15-20(36-3)8-7-16(27)21(15)28-18/h7-8,11,13-14,17,19,28H,5-6,9-10,12H2,1-4H3,(H,29,34)(H,30,33)(H,31,32). The van der Waals surface area contributed by atoms with Gasteiger partial charge < -0.3 is 30.4 Å². The highest BCUT2D eigenvalue weighted by molar-refractivity contribution is 6.35. The number of esters is 1. The van der Waals surface area contributed by atoms with Gasteiger partial charge in [-0.15, -0.1) is 0 Å². The van der Waals surface area contributed by atoms with Crippen LogP contribution >= 0.6 is 11.6 Å². The SMILES string of the molecule is COC(=O)C(CC1CC(C)(C)NC1=O)NC(=O)C(CC1CC1)NC(=O)c1cc2c(OC)ccc(Cl)c2[nH]1. The molecule has 11 heteroatoms. The van der Waals surface area contributed by atoms with E-state index in [0.717, 1.165) is 12.8 Å². The number of hydrogen-bond donors (Lipinski definition) is 4. The molecule has 2 heterocycles. The molecule has 1 saturated heterocycles. The minimum atomic E-state index is -1.02. The average molecular weight is 533 g/mol. The molecule has 37 heavy (non-hydrogen) atoms. The molecule has 0 bridgehead atoms. The Labute approximate surface area is 220 Å². The van der Waals surface area contributed by atoms with Crippen molar-refractivity contribution in [2.24, 2.45) is 11.8 Å². The first-order valence-electron chi connectivity index (χ1n) is 12.4. The van der Waals surface area contributed by atoms with Crippen LogP contribution in [0.5, 0.6) is 5.75 Å². The number of hydrogen-bond acceptors (Lipinski definition) is 6. The predicted molar refractivity (Wildman–Crippen MR) is 137 cm³/mol. The Balaban J connectivity index is 1.50. The monoisotopic (exact) mass is 532 g/mol. The zero-order valence-corrected chi connectivity index (χ0v) is 22.2. The van der Waals surface area contributed by atoms with E-state index in [0.29, 0.717) is 40.4 Å². The highest BCUT2D eigenvalue weighted by Gasteiger charge is 2.41. The third kappa shape index (κ3) is 6.18. The Morgan fingerprint density at radius 2 is 1.86 bits per heavy atom. The van der Waals surface area contributed by atoms with Crippen LogP contribution in [0.3, 0.4) is 0 Å². The van der Waals surface area contributed by atoms with Crippen LogP contribution in [0, 0.1) is 11.8 Å². The van der Waals surface area contributed by atoms with Crippen molar-refractivity contribution >= 4 is 46.2 Å². The fourth-order valence-electron chi connectivity index (χ4n) is 4.91. The Hall–Kier alpha value is -3.27. The van der Waals surface area contributed by atoms with E-state index in [1.807, 2.05) is 13.8 Å². The first-order chi connectivity index (χ1) is 17.5. The van der Waals surface area contributed by atoms with Crippen LogP contribution in [0.15, 0.2) is 18.2 Å². The summed E-state index contributed by atoms with van der Waals surface area (Å²) < 4.78 is 10.3. The molecule has 0 radical (unpaired) electrons. The van der Waals surface area contributed by atoms with Gasteiger partial charge in [0.25, 0.3) is 5.91 Å². The Bertz CT molecular complexity index is 1220. The molecule has 4 rings (SSSR count). The zero-order valence-electron chi connectivity index (χ0n) is 21.4. The molecule has 3 unspecified atom stereocenters. The number of amides is 3. The van der Waals surface area contributed by atoms with Crippen LogP contribution in [0.1, 0.15) is 56.4 Å². The van der Waals surface area contributed by atoms with E-state index in [1.54, 1.807) is 18.2 Å². The van der Waals surface area contributed by atoms with Gasteiger partial charge in [-0.1, -0.05) is 24.4 Å². The number of rotatable bonds is 10. The van der Waals surface area contributed by atoms with Crippen LogP contribution in [-0.4, -0.2) is 60.5 Å². The van der Waals surface area contributed by atoms with Gasteiger partial charge in [0.2, 0.25) is 11.8 Å². The van der Waals surface area contributed by atoms with E-state index in [1.165, 1.54) is 14.2 Å². The number of nitrogens with one attached hydrogen (secondary N) is 4. The van der Waals surface area contributed by atoms with E-state index < -0.39 is 35.8 Å². The van der Waals surface area contributed by atoms with Gasteiger partial charge in [0.05, 0.1) is 24.8 Å². The van der Waals surface area contributed by atoms with Crippen LogP contribution in [-0.2, 0) is 19.1 Å². The molecule has 4 N–H and O–H groups in total. The highest BCUT2D eigenvalue weighted by Crippen LogP contribution is 2.34. The molecule has 2 fully saturated rings. The largest absolute Gasteiger partial charge is 0.496 e. The molecule has 2 aliphatic rings. The summed E-state index contributed by atoms with van der Waals surface area (Å²) in [5.74, 6) is -1.36. The van der Waals surface area contributed by atoms with Gasteiger partial charge >= 0.3 is 5.97 Å². The fraction of sp³-hybridized carbons (Fsp3) is 0.538. The normalized spacial score (nSPS) is 20.1. The zero-order chi connectivity index (χ0) is 26.9. The number of methoxy groups -OCH3 is 2. The third-order valence-corrected chi connectivity index (χ3v) is 7.28. The van der Waals surface area contributed by atoms with Crippen molar-refractivity contribution in [1.82, 2.24) is 20.9 Å². The molecule has 3 atom stereocenters. The second-order valence-electron chi connectivity index (χ2n) is 10.5. The molecule has 10 nitrogen and oxygen atoms in total. The lowest BCUT2D eigenvalue weighted by atomic mass is 9.91. The average Bonchev–Trinajstić information content (AvgIpc) is 3.47. The Kier molecular flexibility index (Phi) is 7.68. The number of halogens is 1. The lowest BCUT2D eigenvalue weighted by molar-refractivity contribution is -0.146. The molecular formula is C26H33ClN4O6. The molecule has 3 amide bonds. The molecule has 1 aliphatic carbocycles. The molecule has 0 spiro atoms. The lowest BCUT2D eigenvalue weighted by Gasteiger charge is -2.23. The minimum absolute atomic E-state index is 0.109. The maximum Gasteiger partial charge on any atom is 0.328 e. The number of benzene rings is 1. The van der Waals surface area contributed by atoms with Gasteiger partial charge in [0, 0.05) is 16.8 Å². The van der Waals surface area contributed by atoms with E-state index in [2.05, 4.69) is 20.9 Å². The lowest BCUT2D eigenvalue weighted by Crippen LogP contribution is -2.52. The van der Waals surface area contributed by atoms with E-state index in [4.69, 9.17) is 21.1 Å². The molecule has 1 aromatic carbocycles. The number of H-pyrrole nitrogens is 1. The summed E-state index contributed by atoms with van der Waals surface area (Å²) in [5, 5.41) is 9.51. The quantitative estimate of drug-likeness (QED) is 0.347. The topological polar surface area (TPSA) is 139 Å². The van der Waals surface area contributed by atoms with Gasteiger partial charge in [-0.2, -0.15) is 0 Å². The number of carbonyl (C=O) groups is 4. The molecular weight excluding hydrogens is 500 g/mol. The van der Waals surface area contributed by atoms with Crippen LogP contribution < -0.4 is 20.7 Å². The smallest absolute Gasteiger partial charge is 0.328 e. The van der Waals surface area contributed by atoms with E-state index in [-0.39, 0.29) is 23.6 Å². The van der Waals surface area contributed by atoms with E-state index in [9.17, 15) is 19.2 Å². The van der Waals surface area contributed by atoms with Gasteiger partial charge in [0.15, 0.2) is 0 Å². The molecule has 1 aliphatic heterocycles. The van der Waals surface area contributed by atoms with Crippen molar-refractivity contribution in [2.45, 2.75) is 63.6 Å². The highest BCUT2D eigenvalue weighted by atomic mass is 35.5. The summed E-state index contributed by atoms with van der Waals surface area (Å²) in [6.07, 6.45) is 3.02.